The van der Waals surface area contributed by atoms with E-state index in [9.17, 15) is 0 Å². The lowest BCUT2D eigenvalue weighted by Gasteiger charge is -2.18. The molecule has 0 amide bonds. The maximum Gasteiger partial charge on any atom is 0.101 e. The van der Waals surface area contributed by atoms with Gasteiger partial charge >= 0.3 is 0 Å². The second-order valence-corrected chi connectivity index (χ2v) is 3.39. The first kappa shape index (κ1) is 11.8. The third-order valence-corrected chi connectivity index (χ3v) is 2.26. The summed E-state index contributed by atoms with van der Waals surface area (Å²) in [7, 11) is 4.24. The maximum absolute atomic E-state index is 4.11. The summed E-state index contributed by atoms with van der Waals surface area (Å²) in [6.45, 7) is 6.34. The lowest BCUT2D eigenvalue weighted by atomic mass is 9.92. The zero-order valence-corrected chi connectivity index (χ0v) is 8.82. The largest absolute Gasteiger partial charge is 0.313 e. The third-order valence-electron chi connectivity index (χ3n) is 2.26. The highest BCUT2D eigenvalue weighted by Crippen LogP contribution is 2.12. The summed E-state index contributed by atoms with van der Waals surface area (Å²) in [5.41, 5.74) is 1.37. The van der Waals surface area contributed by atoms with E-state index in [1.807, 2.05) is 7.05 Å². The number of likely N-dealkylation sites (N-methyl/N-ethyl adjacent to an activating group) is 1. The molecule has 0 rings (SSSR count). The molecule has 0 saturated carbocycles. The van der Waals surface area contributed by atoms with Crippen molar-refractivity contribution in [1.82, 2.24) is 5.32 Å². The van der Waals surface area contributed by atoms with Gasteiger partial charge in [0.05, 0.1) is 0 Å². The minimum atomic E-state index is 0.546. The average molecular weight is 167 g/mol. The minimum Gasteiger partial charge on any atom is -0.313 e. The summed E-state index contributed by atoms with van der Waals surface area (Å²) in [6, 6.07) is 0.546. The van der Waals surface area contributed by atoms with Gasteiger partial charge in [0.25, 0.3) is 0 Å². The van der Waals surface area contributed by atoms with Crippen LogP contribution in [0.5, 0.6) is 0 Å². The summed E-state index contributed by atoms with van der Waals surface area (Å²) in [6.07, 6.45) is 6.19. The summed E-state index contributed by atoms with van der Waals surface area (Å²) >= 11 is 0. The van der Waals surface area contributed by atoms with Gasteiger partial charge in [-0.1, -0.05) is 38.2 Å². The molecule has 0 aromatic rings. The average Bonchev–Trinajstić information content (AvgIpc) is 2.06. The van der Waals surface area contributed by atoms with Crippen LogP contribution < -0.4 is 5.32 Å². The molecule has 0 saturated heterocycles. The van der Waals surface area contributed by atoms with Crippen molar-refractivity contribution in [2.24, 2.45) is 0 Å². The van der Waals surface area contributed by atoms with Crippen molar-refractivity contribution in [3.05, 3.63) is 12.2 Å². The molecule has 1 N–H and O–H groups in total. The van der Waals surface area contributed by atoms with Gasteiger partial charge in [0.2, 0.25) is 0 Å². The van der Waals surface area contributed by atoms with Gasteiger partial charge in [0.1, 0.15) is 7.85 Å². The van der Waals surface area contributed by atoms with Gasteiger partial charge in [-0.25, -0.2) is 0 Å². The van der Waals surface area contributed by atoms with Crippen LogP contribution in [-0.4, -0.2) is 20.9 Å². The zero-order chi connectivity index (χ0) is 9.40. The van der Waals surface area contributed by atoms with E-state index >= 15 is 0 Å². The molecule has 1 nitrogen and oxygen atoms in total. The van der Waals surface area contributed by atoms with Gasteiger partial charge in [0, 0.05) is 6.04 Å². The van der Waals surface area contributed by atoms with Crippen LogP contribution in [0.4, 0.5) is 0 Å². The Hall–Kier alpha value is -0.235. The summed E-state index contributed by atoms with van der Waals surface area (Å²) in [5.74, 6) is 0. The SMILES string of the molecule is BCCC(=C)C(CCCC)NC. The molecule has 0 aliphatic carbocycles. The van der Waals surface area contributed by atoms with E-state index < -0.39 is 0 Å². The number of rotatable bonds is 7. The van der Waals surface area contributed by atoms with Crippen molar-refractivity contribution in [2.45, 2.75) is 45.0 Å². The molecule has 0 heterocycles. The molecule has 1 atom stereocenters. The summed E-state index contributed by atoms with van der Waals surface area (Å²) in [4.78, 5) is 0. The van der Waals surface area contributed by atoms with Gasteiger partial charge in [-0.15, -0.1) is 0 Å². The Labute approximate surface area is 78.0 Å². The molecule has 0 spiro atoms. The standard InChI is InChI=1S/C10H22BN/c1-4-5-6-10(12-3)9(2)7-8-11/h10,12H,2,4-8,11H2,1,3H3. The van der Waals surface area contributed by atoms with Crippen LogP contribution in [0.2, 0.25) is 6.32 Å². The third kappa shape index (κ3) is 4.60. The van der Waals surface area contributed by atoms with E-state index in [0.29, 0.717) is 6.04 Å². The van der Waals surface area contributed by atoms with Crippen molar-refractivity contribution in [2.75, 3.05) is 7.05 Å². The van der Waals surface area contributed by atoms with Gasteiger partial charge in [-0.3, -0.25) is 0 Å². The van der Waals surface area contributed by atoms with E-state index in [0.717, 1.165) is 6.42 Å². The maximum atomic E-state index is 4.11. The molecule has 0 aromatic heterocycles. The predicted octanol–water partition coefficient (Wildman–Crippen LogP) is 1.76. The molecule has 0 bridgehead atoms. The lowest BCUT2D eigenvalue weighted by Crippen LogP contribution is -2.26. The molecule has 0 aliphatic rings. The molecule has 0 aliphatic heterocycles. The molecular weight excluding hydrogens is 145 g/mol. The van der Waals surface area contributed by atoms with Crippen LogP contribution in [0.1, 0.15) is 32.6 Å². The fraction of sp³-hybridized carbons (Fsp3) is 0.800. The Morgan fingerprint density at radius 2 is 2.25 bits per heavy atom. The van der Waals surface area contributed by atoms with Crippen LogP contribution in [0.3, 0.4) is 0 Å². The molecule has 0 aromatic carbocycles. The van der Waals surface area contributed by atoms with Crippen molar-refractivity contribution in [1.29, 1.82) is 0 Å². The monoisotopic (exact) mass is 167 g/mol. The van der Waals surface area contributed by atoms with E-state index in [2.05, 4.69) is 26.7 Å². The number of nitrogens with one attached hydrogen (secondary N) is 1. The first-order valence-electron chi connectivity index (χ1n) is 5.11. The summed E-state index contributed by atoms with van der Waals surface area (Å²) < 4.78 is 0. The molecule has 2 heteroatoms. The van der Waals surface area contributed by atoms with Crippen molar-refractivity contribution in [3.8, 4) is 0 Å². The van der Waals surface area contributed by atoms with Gasteiger partial charge in [-0.05, 0) is 19.9 Å². The van der Waals surface area contributed by atoms with Crippen molar-refractivity contribution >= 4 is 7.85 Å². The number of unbranched alkanes of at least 4 members (excludes halogenated alkanes) is 1. The van der Waals surface area contributed by atoms with Gasteiger partial charge in [-0.2, -0.15) is 0 Å². The second-order valence-electron chi connectivity index (χ2n) is 3.39. The quantitative estimate of drug-likeness (QED) is 0.450. The fourth-order valence-corrected chi connectivity index (χ4v) is 1.46. The van der Waals surface area contributed by atoms with Crippen LogP contribution >= 0.6 is 0 Å². The van der Waals surface area contributed by atoms with Crippen LogP contribution in [0.25, 0.3) is 0 Å². The minimum absolute atomic E-state index is 0.546. The highest BCUT2D eigenvalue weighted by Gasteiger charge is 2.07. The van der Waals surface area contributed by atoms with E-state index in [4.69, 9.17) is 0 Å². The van der Waals surface area contributed by atoms with Gasteiger partial charge in [0.15, 0.2) is 0 Å². The molecule has 1 unspecified atom stereocenters. The highest BCUT2D eigenvalue weighted by atomic mass is 14.9. The van der Waals surface area contributed by atoms with E-state index in [1.165, 1.54) is 31.2 Å². The molecule has 70 valence electrons. The van der Waals surface area contributed by atoms with Gasteiger partial charge < -0.3 is 5.32 Å². The predicted molar refractivity (Wildman–Crippen MR) is 59.5 cm³/mol. The normalized spacial score (nSPS) is 12.8. The highest BCUT2D eigenvalue weighted by molar-refractivity contribution is 6.08. The molecular formula is C10H22BN. The molecule has 12 heavy (non-hydrogen) atoms. The lowest BCUT2D eigenvalue weighted by molar-refractivity contribution is 0.547. The van der Waals surface area contributed by atoms with Crippen LogP contribution in [-0.2, 0) is 0 Å². The Balaban J connectivity index is 3.71. The second kappa shape index (κ2) is 7.42. The van der Waals surface area contributed by atoms with Crippen LogP contribution in [0, 0.1) is 0 Å². The van der Waals surface area contributed by atoms with Crippen molar-refractivity contribution in [3.63, 3.8) is 0 Å². The molecule has 0 fully saturated rings. The topological polar surface area (TPSA) is 12.0 Å². The fourth-order valence-electron chi connectivity index (χ4n) is 1.46. The number of hydrogen-bond acceptors (Lipinski definition) is 1. The zero-order valence-electron chi connectivity index (χ0n) is 8.82. The molecule has 0 radical (unpaired) electrons. The Morgan fingerprint density at radius 3 is 2.67 bits per heavy atom. The van der Waals surface area contributed by atoms with E-state index in [-0.39, 0.29) is 0 Å². The Morgan fingerprint density at radius 1 is 1.58 bits per heavy atom. The van der Waals surface area contributed by atoms with Crippen molar-refractivity contribution < 1.29 is 0 Å². The smallest absolute Gasteiger partial charge is 0.101 e. The number of hydrogen-bond donors (Lipinski definition) is 1. The van der Waals surface area contributed by atoms with E-state index in [1.54, 1.807) is 0 Å². The Kier molecular flexibility index (Phi) is 7.27. The Bertz CT molecular complexity index is 123. The first-order chi connectivity index (χ1) is 5.76. The van der Waals surface area contributed by atoms with Crippen LogP contribution in [0.15, 0.2) is 12.2 Å². The summed E-state index contributed by atoms with van der Waals surface area (Å²) in [5, 5.41) is 3.32. The first-order valence-corrected chi connectivity index (χ1v) is 5.11.